The van der Waals surface area contributed by atoms with Crippen LogP contribution in [0.15, 0.2) is 24.3 Å². The number of likely N-dealkylation sites (tertiary alicyclic amines) is 1. The highest BCUT2D eigenvalue weighted by Crippen LogP contribution is 2.31. The van der Waals surface area contributed by atoms with Gasteiger partial charge in [0.2, 0.25) is 0 Å². The van der Waals surface area contributed by atoms with Gasteiger partial charge in [-0.05, 0) is 43.7 Å². The van der Waals surface area contributed by atoms with Gasteiger partial charge in [-0.15, -0.1) is 0 Å². The van der Waals surface area contributed by atoms with E-state index in [0.29, 0.717) is 36.8 Å². The van der Waals surface area contributed by atoms with Crippen LogP contribution in [-0.2, 0) is 4.79 Å². The summed E-state index contributed by atoms with van der Waals surface area (Å²) in [6.45, 7) is 1.55. The van der Waals surface area contributed by atoms with Crippen molar-refractivity contribution in [1.29, 1.82) is 0 Å². The molecule has 0 aromatic heterocycles. The van der Waals surface area contributed by atoms with E-state index in [0.717, 1.165) is 6.42 Å². The maximum Gasteiger partial charge on any atom is 0.308 e. The number of hydrogen-bond acceptors (Lipinski definition) is 3. The smallest absolute Gasteiger partial charge is 0.308 e. The number of aliphatic carboxylic acids is 1. The highest BCUT2D eigenvalue weighted by molar-refractivity contribution is 5.97. The molecule has 1 N–H and O–H groups in total. The number of carboxylic acid groups (broad SMARTS) is 1. The molecule has 1 aromatic carbocycles. The van der Waals surface area contributed by atoms with E-state index in [1.165, 1.54) is 12.8 Å². The van der Waals surface area contributed by atoms with E-state index in [1.807, 2.05) is 18.2 Å². The molecular weight excluding hydrogens is 282 g/mol. The van der Waals surface area contributed by atoms with Gasteiger partial charge < -0.3 is 14.7 Å². The fourth-order valence-electron chi connectivity index (χ4n) is 2.79. The van der Waals surface area contributed by atoms with Crippen molar-refractivity contribution in [3.05, 3.63) is 29.8 Å². The lowest BCUT2D eigenvalue weighted by molar-refractivity contribution is -0.143. The summed E-state index contributed by atoms with van der Waals surface area (Å²) >= 11 is 0. The number of rotatable bonds is 5. The van der Waals surface area contributed by atoms with Gasteiger partial charge in [0.25, 0.3) is 5.91 Å². The van der Waals surface area contributed by atoms with Crippen LogP contribution in [0, 0.1) is 11.8 Å². The molecule has 1 aromatic rings. The lowest BCUT2D eigenvalue weighted by atomic mass is 9.97. The summed E-state index contributed by atoms with van der Waals surface area (Å²) in [5, 5.41) is 9.15. The van der Waals surface area contributed by atoms with Crippen LogP contribution in [0.2, 0.25) is 0 Å². The summed E-state index contributed by atoms with van der Waals surface area (Å²) in [6, 6.07) is 7.24. The van der Waals surface area contributed by atoms with Gasteiger partial charge in [-0.2, -0.15) is 0 Å². The Morgan fingerprint density at radius 1 is 1.23 bits per heavy atom. The molecule has 1 aliphatic carbocycles. The second-order valence-electron chi connectivity index (χ2n) is 6.18. The molecule has 3 rings (SSSR count). The molecule has 1 saturated heterocycles. The third-order valence-electron chi connectivity index (χ3n) is 4.35. The summed E-state index contributed by atoms with van der Waals surface area (Å²) in [6.07, 6.45) is 3.76. The summed E-state index contributed by atoms with van der Waals surface area (Å²) in [4.78, 5) is 25.5. The molecule has 0 unspecified atom stereocenters. The molecule has 2 aliphatic rings. The highest BCUT2D eigenvalue weighted by atomic mass is 16.5. The zero-order chi connectivity index (χ0) is 15.5. The maximum atomic E-state index is 12.7. The molecule has 118 valence electrons. The van der Waals surface area contributed by atoms with Crippen LogP contribution in [0.5, 0.6) is 5.75 Å². The predicted molar refractivity (Wildman–Crippen MR) is 80.9 cm³/mol. The van der Waals surface area contributed by atoms with Crippen LogP contribution in [0.25, 0.3) is 0 Å². The van der Waals surface area contributed by atoms with Gasteiger partial charge in [0, 0.05) is 13.1 Å². The number of para-hydroxylation sites is 1. The lowest BCUT2D eigenvalue weighted by Crippen LogP contribution is -2.42. The minimum Gasteiger partial charge on any atom is -0.492 e. The molecule has 1 atom stereocenters. The van der Waals surface area contributed by atoms with Crippen LogP contribution in [0.1, 0.15) is 36.0 Å². The molecule has 5 heteroatoms. The molecule has 0 radical (unpaired) electrons. The van der Waals surface area contributed by atoms with Gasteiger partial charge in [-0.3, -0.25) is 9.59 Å². The van der Waals surface area contributed by atoms with Gasteiger partial charge in [-0.25, -0.2) is 0 Å². The Morgan fingerprint density at radius 2 is 2.00 bits per heavy atom. The van der Waals surface area contributed by atoms with Crippen molar-refractivity contribution < 1.29 is 19.4 Å². The number of benzene rings is 1. The van der Waals surface area contributed by atoms with Gasteiger partial charge in [0.05, 0.1) is 18.1 Å². The maximum absolute atomic E-state index is 12.7. The molecule has 1 aliphatic heterocycles. The molecule has 1 amide bonds. The van der Waals surface area contributed by atoms with Crippen LogP contribution < -0.4 is 4.74 Å². The van der Waals surface area contributed by atoms with E-state index in [-0.39, 0.29) is 12.5 Å². The first-order valence-corrected chi connectivity index (χ1v) is 7.89. The van der Waals surface area contributed by atoms with Crippen molar-refractivity contribution in [2.45, 2.75) is 25.7 Å². The van der Waals surface area contributed by atoms with Crippen molar-refractivity contribution in [1.82, 2.24) is 4.90 Å². The number of nitrogens with zero attached hydrogens (tertiary/aromatic N) is 1. The largest absolute Gasteiger partial charge is 0.492 e. The number of carbonyl (C=O) groups is 2. The van der Waals surface area contributed by atoms with E-state index in [1.54, 1.807) is 11.0 Å². The molecule has 0 spiro atoms. The average Bonchev–Trinajstić information content (AvgIpc) is 3.37. The fraction of sp³-hybridized carbons (Fsp3) is 0.529. The molecule has 5 nitrogen and oxygen atoms in total. The Kier molecular flexibility index (Phi) is 4.32. The zero-order valence-corrected chi connectivity index (χ0v) is 12.5. The Hall–Kier alpha value is -2.04. The van der Waals surface area contributed by atoms with Crippen molar-refractivity contribution in [2.75, 3.05) is 19.7 Å². The standard InChI is InChI=1S/C17H21NO4/c19-16(18-9-3-4-13(10-18)17(20)21)14-5-1-2-6-15(14)22-11-12-7-8-12/h1-2,5-6,12-13H,3-4,7-11H2,(H,20,21)/t13-/m0/s1. The summed E-state index contributed by atoms with van der Waals surface area (Å²) < 4.78 is 5.78. The molecule has 1 heterocycles. The minimum atomic E-state index is -0.823. The van der Waals surface area contributed by atoms with E-state index in [9.17, 15) is 9.59 Å². The molecule has 0 bridgehead atoms. The third kappa shape index (κ3) is 3.40. The van der Waals surface area contributed by atoms with Crippen molar-refractivity contribution in [3.8, 4) is 5.75 Å². The number of carboxylic acids is 1. The van der Waals surface area contributed by atoms with Crippen molar-refractivity contribution in [3.63, 3.8) is 0 Å². The number of carbonyl (C=O) groups excluding carboxylic acids is 1. The number of ether oxygens (including phenoxy) is 1. The van der Waals surface area contributed by atoms with Crippen LogP contribution in [0.3, 0.4) is 0 Å². The normalized spacial score (nSPS) is 21.5. The SMILES string of the molecule is O=C(O)[C@H]1CCCN(C(=O)c2ccccc2OCC2CC2)C1. The predicted octanol–water partition coefficient (Wildman–Crippen LogP) is 2.41. The van der Waals surface area contributed by atoms with Crippen LogP contribution in [0.4, 0.5) is 0 Å². The highest BCUT2D eigenvalue weighted by Gasteiger charge is 2.30. The van der Waals surface area contributed by atoms with Crippen LogP contribution in [-0.4, -0.2) is 41.6 Å². The molecular formula is C17H21NO4. The Bertz CT molecular complexity index is 568. The Morgan fingerprint density at radius 3 is 2.73 bits per heavy atom. The van der Waals surface area contributed by atoms with E-state index < -0.39 is 11.9 Å². The second kappa shape index (κ2) is 6.38. The summed E-state index contributed by atoms with van der Waals surface area (Å²) in [5.41, 5.74) is 0.536. The topological polar surface area (TPSA) is 66.8 Å². The van der Waals surface area contributed by atoms with E-state index in [4.69, 9.17) is 9.84 Å². The van der Waals surface area contributed by atoms with Gasteiger partial charge in [0.15, 0.2) is 0 Å². The van der Waals surface area contributed by atoms with E-state index >= 15 is 0 Å². The first kappa shape index (κ1) is 14.9. The van der Waals surface area contributed by atoms with Crippen LogP contribution >= 0.6 is 0 Å². The van der Waals surface area contributed by atoms with Gasteiger partial charge >= 0.3 is 5.97 Å². The third-order valence-corrected chi connectivity index (χ3v) is 4.35. The van der Waals surface area contributed by atoms with Gasteiger partial charge in [-0.1, -0.05) is 12.1 Å². The van der Waals surface area contributed by atoms with Gasteiger partial charge in [0.1, 0.15) is 5.75 Å². The molecule has 2 fully saturated rings. The molecule has 22 heavy (non-hydrogen) atoms. The summed E-state index contributed by atoms with van der Waals surface area (Å²) in [7, 11) is 0. The molecule has 1 saturated carbocycles. The van der Waals surface area contributed by atoms with E-state index in [2.05, 4.69) is 0 Å². The minimum absolute atomic E-state index is 0.127. The average molecular weight is 303 g/mol. The summed E-state index contributed by atoms with van der Waals surface area (Å²) in [5.74, 6) is -0.184. The fourth-order valence-corrected chi connectivity index (χ4v) is 2.79. The Balaban J connectivity index is 1.71. The monoisotopic (exact) mass is 303 g/mol. The first-order valence-electron chi connectivity index (χ1n) is 7.89. The Labute approximate surface area is 129 Å². The zero-order valence-electron chi connectivity index (χ0n) is 12.5. The number of hydrogen-bond donors (Lipinski definition) is 1. The van der Waals surface area contributed by atoms with Crippen molar-refractivity contribution >= 4 is 11.9 Å². The number of amides is 1. The quantitative estimate of drug-likeness (QED) is 0.907. The number of piperidine rings is 1. The first-order chi connectivity index (χ1) is 10.6. The van der Waals surface area contributed by atoms with Crippen molar-refractivity contribution in [2.24, 2.45) is 11.8 Å². The lowest BCUT2D eigenvalue weighted by Gasteiger charge is -2.31. The second-order valence-corrected chi connectivity index (χ2v) is 6.18.